The van der Waals surface area contributed by atoms with E-state index in [1.54, 1.807) is 17.4 Å². The third-order valence-electron chi connectivity index (χ3n) is 2.82. The normalized spacial score (nSPS) is 12.7. The fraction of sp³-hybridized carbons (Fsp3) is 0.286. The van der Waals surface area contributed by atoms with Crippen LogP contribution in [0.25, 0.3) is 0 Å². The van der Waals surface area contributed by atoms with Crippen LogP contribution in [0.2, 0.25) is 5.02 Å². The van der Waals surface area contributed by atoms with Gasteiger partial charge in [0.1, 0.15) is 0 Å². The van der Waals surface area contributed by atoms with Gasteiger partial charge in [0.15, 0.2) is 0 Å². The van der Waals surface area contributed by atoms with Crippen molar-refractivity contribution >= 4 is 34.3 Å². The summed E-state index contributed by atoms with van der Waals surface area (Å²) in [4.78, 5) is 1.32. The SMILES string of the molecule is CC(C)C(Nc1ccc(N)cc1Cl)c1cccs1. The Bertz CT molecular complexity index is 509. The Morgan fingerprint density at radius 3 is 2.61 bits per heavy atom. The molecule has 2 nitrogen and oxygen atoms in total. The molecule has 96 valence electrons. The molecule has 1 unspecified atom stereocenters. The van der Waals surface area contributed by atoms with Gasteiger partial charge in [0, 0.05) is 10.6 Å². The Kier molecular flexibility index (Phi) is 4.15. The highest BCUT2D eigenvalue weighted by Gasteiger charge is 2.17. The second-order valence-corrected chi connectivity index (χ2v) is 6.01. The van der Waals surface area contributed by atoms with Gasteiger partial charge < -0.3 is 11.1 Å². The molecule has 0 bridgehead atoms. The van der Waals surface area contributed by atoms with E-state index in [0.717, 1.165) is 5.69 Å². The van der Waals surface area contributed by atoms with Crippen LogP contribution in [0.15, 0.2) is 35.7 Å². The van der Waals surface area contributed by atoms with E-state index in [0.29, 0.717) is 16.6 Å². The van der Waals surface area contributed by atoms with Crippen LogP contribution in [0.5, 0.6) is 0 Å². The van der Waals surface area contributed by atoms with Gasteiger partial charge in [0.25, 0.3) is 0 Å². The highest BCUT2D eigenvalue weighted by molar-refractivity contribution is 7.10. The van der Waals surface area contributed by atoms with Crippen LogP contribution in [0.1, 0.15) is 24.8 Å². The summed E-state index contributed by atoms with van der Waals surface area (Å²) in [5.41, 5.74) is 7.31. The van der Waals surface area contributed by atoms with E-state index in [1.165, 1.54) is 4.88 Å². The van der Waals surface area contributed by atoms with E-state index in [9.17, 15) is 0 Å². The van der Waals surface area contributed by atoms with Gasteiger partial charge >= 0.3 is 0 Å². The Morgan fingerprint density at radius 1 is 1.28 bits per heavy atom. The first-order valence-corrected chi connectivity index (χ1v) is 7.18. The molecule has 0 aliphatic heterocycles. The van der Waals surface area contributed by atoms with Crippen LogP contribution in [-0.2, 0) is 0 Å². The van der Waals surface area contributed by atoms with Crippen molar-refractivity contribution < 1.29 is 0 Å². The molecule has 1 aromatic carbocycles. The van der Waals surface area contributed by atoms with Crippen molar-refractivity contribution in [3.8, 4) is 0 Å². The molecular formula is C14H17ClN2S. The van der Waals surface area contributed by atoms with Crippen LogP contribution in [0.3, 0.4) is 0 Å². The molecule has 2 aromatic rings. The van der Waals surface area contributed by atoms with Crippen LogP contribution < -0.4 is 11.1 Å². The summed E-state index contributed by atoms with van der Waals surface area (Å²) in [6.07, 6.45) is 0. The van der Waals surface area contributed by atoms with Crippen LogP contribution >= 0.6 is 22.9 Å². The van der Waals surface area contributed by atoms with Crippen LogP contribution in [-0.4, -0.2) is 0 Å². The Balaban J connectivity index is 2.24. The van der Waals surface area contributed by atoms with Gasteiger partial charge in [-0.25, -0.2) is 0 Å². The van der Waals surface area contributed by atoms with Crippen LogP contribution in [0, 0.1) is 5.92 Å². The predicted octanol–water partition coefficient (Wildman–Crippen LogP) is 4.79. The van der Waals surface area contributed by atoms with Gasteiger partial charge in [-0.15, -0.1) is 11.3 Å². The molecule has 0 radical (unpaired) electrons. The lowest BCUT2D eigenvalue weighted by Crippen LogP contribution is -2.15. The second-order valence-electron chi connectivity index (χ2n) is 4.62. The lowest BCUT2D eigenvalue weighted by atomic mass is 10.0. The van der Waals surface area contributed by atoms with Crippen molar-refractivity contribution in [1.29, 1.82) is 0 Å². The molecule has 0 amide bonds. The number of hydrogen-bond donors (Lipinski definition) is 2. The van der Waals surface area contributed by atoms with Gasteiger partial charge in [0.2, 0.25) is 0 Å². The molecule has 0 aliphatic carbocycles. The first kappa shape index (κ1) is 13.2. The molecule has 1 aromatic heterocycles. The van der Waals surface area contributed by atoms with E-state index >= 15 is 0 Å². The van der Waals surface area contributed by atoms with Crippen molar-refractivity contribution in [1.82, 2.24) is 0 Å². The zero-order valence-corrected chi connectivity index (χ0v) is 12.1. The number of anilines is 2. The molecule has 4 heteroatoms. The van der Waals surface area contributed by atoms with Crippen LogP contribution in [0.4, 0.5) is 11.4 Å². The number of nitrogen functional groups attached to an aromatic ring is 1. The number of rotatable bonds is 4. The molecule has 1 atom stereocenters. The van der Waals surface area contributed by atoms with Crippen molar-refractivity contribution in [2.24, 2.45) is 5.92 Å². The first-order chi connectivity index (χ1) is 8.58. The summed E-state index contributed by atoms with van der Waals surface area (Å²) in [7, 11) is 0. The molecule has 0 spiro atoms. The van der Waals surface area contributed by atoms with E-state index < -0.39 is 0 Å². The standard InChI is InChI=1S/C14H17ClN2S/c1-9(2)14(13-4-3-7-18-13)17-12-6-5-10(16)8-11(12)15/h3-9,14,17H,16H2,1-2H3. The minimum absolute atomic E-state index is 0.270. The second kappa shape index (κ2) is 5.63. The fourth-order valence-corrected chi connectivity index (χ4v) is 3.04. The number of thiophene rings is 1. The van der Waals surface area contributed by atoms with Gasteiger partial charge in [-0.3, -0.25) is 0 Å². The molecule has 1 heterocycles. The highest BCUT2D eigenvalue weighted by atomic mass is 35.5. The molecule has 18 heavy (non-hydrogen) atoms. The monoisotopic (exact) mass is 280 g/mol. The molecule has 3 N–H and O–H groups in total. The Labute approximate surface area is 117 Å². The van der Waals surface area contributed by atoms with E-state index in [1.807, 2.05) is 12.1 Å². The minimum Gasteiger partial charge on any atom is -0.399 e. The number of benzene rings is 1. The van der Waals surface area contributed by atoms with Gasteiger partial charge in [0.05, 0.1) is 16.8 Å². The van der Waals surface area contributed by atoms with Gasteiger partial charge in [-0.2, -0.15) is 0 Å². The molecule has 0 saturated carbocycles. The molecule has 2 rings (SSSR count). The van der Waals surface area contributed by atoms with E-state index in [4.69, 9.17) is 17.3 Å². The van der Waals surface area contributed by atoms with E-state index in [-0.39, 0.29) is 6.04 Å². The third kappa shape index (κ3) is 2.98. The number of nitrogens with two attached hydrogens (primary N) is 1. The summed E-state index contributed by atoms with van der Waals surface area (Å²) < 4.78 is 0. The lowest BCUT2D eigenvalue weighted by molar-refractivity contribution is 0.554. The highest BCUT2D eigenvalue weighted by Crippen LogP contribution is 2.33. The smallest absolute Gasteiger partial charge is 0.0658 e. The third-order valence-corrected chi connectivity index (χ3v) is 4.09. The summed E-state index contributed by atoms with van der Waals surface area (Å²) in [5, 5.41) is 6.26. The first-order valence-electron chi connectivity index (χ1n) is 5.93. The summed E-state index contributed by atoms with van der Waals surface area (Å²) in [6, 6.07) is 10.1. The molecular weight excluding hydrogens is 264 g/mol. The van der Waals surface area contributed by atoms with Crippen molar-refractivity contribution in [2.45, 2.75) is 19.9 Å². The average molecular weight is 281 g/mol. The number of nitrogens with one attached hydrogen (secondary N) is 1. The Hall–Kier alpha value is -1.19. The van der Waals surface area contributed by atoms with Crippen molar-refractivity contribution in [2.75, 3.05) is 11.1 Å². The average Bonchev–Trinajstić information content (AvgIpc) is 2.80. The quantitative estimate of drug-likeness (QED) is 0.790. The Morgan fingerprint density at radius 2 is 2.06 bits per heavy atom. The van der Waals surface area contributed by atoms with Crippen molar-refractivity contribution in [3.63, 3.8) is 0 Å². The fourth-order valence-electron chi connectivity index (χ4n) is 1.85. The molecule has 0 aliphatic rings. The zero-order chi connectivity index (χ0) is 13.1. The predicted molar refractivity (Wildman–Crippen MR) is 81.4 cm³/mol. The summed E-state index contributed by atoms with van der Waals surface area (Å²) >= 11 is 7.96. The number of hydrogen-bond acceptors (Lipinski definition) is 3. The van der Waals surface area contributed by atoms with Gasteiger partial charge in [-0.1, -0.05) is 31.5 Å². The topological polar surface area (TPSA) is 38.0 Å². The molecule has 0 saturated heterocycles. The maximum atomic E-state index is 6.20. The summed E-state index contributed by atoms with van der Waals surface area (Å²) in [5.74, 6) is 0.484. The largest absolute Gasteiger partial charge is 0.399 e. The van der Waals surface area contributed by atoms with Crippen molar-refractivity contribution in [3.05, 3.63) is 45.6 Å². The maximum absolute atomic E-state index is 6.20. The zero-order valence-electron chi connectivity index (χ0n) is 10.5. The lowest BCUT2D eigenvalue weighted by Gasteiger charge is -2.23. The number of halogens is 1. The summed E-state index contributed by atoms with van der Waals surface area (Å²) in [6.45, 7) is 4.39. The van der Waals surface area contributed by atoms with E-state index in [2.05, 4.69) is 36.7 Å². The minimum atomic E-state index is 0.270. The van der Waals surface area contributed by atoms with Gasteiger partial charge in [-0.05, 0) is 35.6 Å². The maximum Gasteiger partial charge on any atom is 0.0658 e. The molecule has 0 fully saturated rings.